The van der Waals surface area contributed by atoms with Crippen LogP contribution in [0.3, 0.4) is 0 Å². The molecule has 1 aliphatic rings. The van der Waals surface area contributed by atoms with Crippen molar-refractivity contribution >= 4 is 5.97 Å². The van der Waals surface area contributed by atoms with Crippen molar-refractivity contribution in [3.05, 3.63) is 35.9 Å². The van der Waals surface area contributed by atoms with Gasteiger partial charge >= 0.3 is 5.97 Å². The second-order valence-electron chi connectivity index (χ2n) is 4.21. The van der Waals surface area contributed by atoms with E-state index in [1.54, 1.807) is 0 Å². The van der Waals surface area contributed by atoms with Crippen LogP contribution in [0.25, 0.3) is 0 Å². The lowest BCUT2D eigenvalue weighted by molar-refractivity contribution is -0.146. The van der Waals surface area contributed by atoms with Gasteiger partial charge in [0.25, 0.3) is 0 Å². The van der Waals surface area contributed by atoms with E-state index < -0.39 is 5.97 Å². The molecule has 1 N–H and O–H groups in total. The summed E-state index contributed by atoms with van der Waals surface area (Å²) in [6.07, 6.45) is 2.45. The number of benzene rings is 1. The molecule has 1 aliphatic carbocycles. The van der Waals surface area contributed by atoms with E-state index in [0.717, 1.165) is 24.8 Å². The first-order valence-electron chi connectivity index (χ1n) is 5.65. The summed E-state index contributed by atoms with van der Waals surface area (Å²) in [5, 5.41) is 9.00. The average molecular weight is 220 g/mol. The molecule has 0 unspecified atom stereocenters. The standard InChI is InChI=1S/C13H16O3/c14-13(15)11-7-4-8-12(11)16-9-10-5-2-1-3-6-10/h1-3,5-6,11-12H,4,7-9H2,(H,14,15)/t11-,12+/m0/s1. The van der Waals surface area contributed by atoms with E-state index in [1.807, 2.05) is 30.3 Å². The lowest BCUT2D eigenvalue weighted by Gasteiger charge is -2.16. The molecule has 1 aromatic rings. The van der Waals surface area contributed by atoms with E-state index in [2.05, 4.69) is 0 Å². The highest BCUT2D eigenvalue weighted by atomic mass is 16.5. The van der Waals surface area contributed by atoms with Gasteiger partial charge in [-0.05, 0) is 24.8 Å². The third-order valence-corrected chi connectivity index (χ3v) is 3.08. The summed E-state index contributed by atoms with van der Waals surface area (Å²) in [6, 6.07) is 9.86. The van der Waals surface area contributed by atoms with Crippen LogP contribution in [0.2, 0.25) is 0 Å². The van der Waals surface area contributed by atoms with Gasteiger partial charge in [-0.2, -0.15) is 0 Å². The zero-order valence-electron chi connectivity index (χ0n) is 9.13. The number of hydrogen-bond donors (Lipinski definition) is 1. The largest absolute Gasteiger partial charge is 0.481 e. The van der Waals surface area contributed by atoms with Crippen LogP contribution >= 0.6 is 0 Å². The van der Waals surface area contributed by atoms with Gasteiger partial charge in [-0.25, -0.2) is 0 Å². The summed E-state index contributed by atoms with van der Waals surface area (Å²) in [4.78, 5) is 10.9. The van der Waals surface area contributed by atoms with Crippen LogP contribution < -0.4 is 0 Å². The number of rotatable bonds is 4. The van der Waals surface area contributed by atoms with E-state index >= 15 is 0 Å². The highest BCUT2D eigenvalue weighted by molar-refractivity contribution is 5.71. The van der Waals surface area contributed by atoms with Gasteiger partial charge in [-0.1, -0.05) is 30.3 Å². The van der Waals surface area contributed by atoms with Gasteiger partial charge in [0, 0.05) is 0 Å². The van der Waals surface area contributed by atoms with Gasteiger partial charge in [0.2, 0.25) is 0 Å². The van der Waals surface area contributed by atoms with Crippen molar-refractivity contribution in [3.63, 3.8) is 0 Å². The number of carbonyl (C=O) groups is 1. The van der Waals surface area contributed by atoms with Crippen molar-refractivity contribution in [2.45, 2.75) is 32.0 Å². The summed E-state index contributed by atoms with van der Waals surface area (Å²) < 4.78 is 5.68. The maximum atomic E-state index is 10.9. The maximum Gasteiger partial charge on any atom is 0.309 e. The quantitative estimate of drug-likeness (QED) is 0.847. The molecule has 0 spiro atoms. The van der Waals surface area contributed by atoms with Crippen LogP contribution in [0.15, 0.2) is 30.3 Å². The fraction of sp³-hybridized carbons (Fsp3) is 0.462. The SMILES string of the molecule is O=C(O)[C@H]1CCC[C@H]1OCc1ccccc1. The van der Waals surface area contributed by atoms with Crippen LogP contribution in [0.1, 0.15) is 24.8 Å². The first kappa shape index (κ1) is 11.1. The summed E-state index contributed by atoms with van der Waals surface area (Å²) in [5.41, 5.74) is 1.10. The Morgan fingerprint density at radius 2 is 2.06 bits per heavy atom. The fourth-order valence-corrected chi connectivity index (χ4v) is 2.19. The highest BCUT2D eigenvalue weighted by Crippen LogP contribution is 2.29. The van der Waals surface area contributed by atoms with Gasteiger partial charge in [-0.15, -0.1) is 0 Å². The summed E-state index contributed by atoms with van der Waals surface area (Å²) in [5.74, 6) is -1.04. The lowest BCUT2D eigenvalue weighted by Crippen LogP contribution is -2.25. The number of carboxylic acid groups (broad SMARTS) is 1. The van der Waals surface area contributed by atoms with Crippen molar-refractivity contribution < 1.29 is 14.6 Å². The number of ether oxygens (including phenoxy) is 1. The van der Waals surface area contributed by atoms with E-state index in [9.17, 15) is 4.79 Å². The predicted molar refractivity (Wildman–Crippen MR) is 60.0 cm³/mol. The Balaban J connectivity index is 1.88. The second kappa shape index (κ2) is 5.12. The molecule has 16 heavy (non-hydrogen) atoms. The van der Waals surface area contributed by atoms with Crippen molar-refractivity contribution in [2.75, 3.05) is 0 Å². The van der Waals surface area contributed by atoms with Gasteiger partial charge < -0.3 is 9.84 Å². The van der Waals surface area contributed by atoms with E-state index in [4.69, 9.17) is 9.84 Å². The molecule has 0 aromatic heterocycles. The molecule has 0 heterocycles. The molecule has 0 saturated heterocycles. The van der Waals surface area contributed by atoms with Crippen molar-refractivity contribution in [3.8, 4) is 0 Å². The smallest absolute Gasteiger partial charge is 0.309 e. The molecule has 2 rings (SSSR count). The zero-order chi connectivity index (χ0) is 11.4. The molecule has 0 amide bonds. The Hall–Kier alpha value is -1.35. The van der Waals surface area contributed by atoms with Gasteiger partial charge in [0.15, 0.2) is 0 Å². The van der Waals surface area contributed by atoms with Crippen LogP contribution in [0.5, 0.6) is 0 Å². The van der Waals surface area contributed by atoms with Crippen molar-refractivity contribution in [2.24, 2.45) is 5.92 Å². The minimum atomic E-state index is -0.726. The Kier molecular flexibility index (Phi) is 3.57. The Morgan fingerprint density at radius 3 is 2.75 bits per heavy atom. The van der Waals surface area contributed by atoms with Gasteiger partial charge in [-0.3, -0.25) is 4.79 Å². The molecule has 1 saturated carbocycles. The normalized spacial score (nSPS) is 24.5. The molecule has 3 heteroatoms. The third kappa shape index (κ3) is 2.61. The number of carboxylic acids is 1. The molecule has 1 fully saturated rings. The first-order valence-corrected chi connectivity index (χ1v) is 5.65. The third-order valence-electron chi connectivity index (χ3n) is 3.08. The number of aliphatic carboxylic acids is 1. The maximum absolute atomic E-state index is 10.9. The topological polar surface area (TPSA) is 46.5 Å². The molecule has 0 bridgehead atoms. The molecular weight excluding hydrogens is 204 g/mol. The minimum absolute atomic E-state index is 0.113. The molecule has 1 aromatic carbocycles. The van der Waals surface area contributed by atoms with Crippen LogP contribution in [0.4, 0.5) is 0 Å². The molecule has 86 valence electrons. The fourth-order valence-electron chi connectivity index (χ4n) is 2.19. The van der Waals surface area contributed by atoms with Crippen LogP contribution in [0, 0.1) is 5.92 Å². The molecule has 0 aliphatic heterocycles. The molecule has 3 nitrogen and oxygen atoms in total. The van der Waals surface area contributed by atoms with Crippen molar-refractivity contribution in [1.29, 1.82) is 0 Å². The zero-order valence-corrected chi connectivity index (χ0v) is 9.13. The second-order valence-corrected chi connectivity index (χ2v) is 4.21. The average Bonchev–Trinajstić information content (AvgIpc) is 2.76. The van der Waals surface area contributed by atoms with Crippen LogP contribution in [-0.4, -0.2) is 17.2 Å². The Labute approximate surface area is 95.0 Å². The molecule has 2 atom stereocenters. The molecular formula is C13H16O3. The Bertz CT molecular complexity index is 347. The van der Waals surface area contributed by atoms with Gasteiger partial charge in [0.1, 0.15) is 0 Å². The Morgan fingerprint density at radius 1 is 1.31 bits per heavy atom. The van der Waals surface area contributed by atoms with Crippen LogP contribution in [-0.2, 0) is 16.1 Å². The highest BCUT2D eigenvalue weighted by Gasteiger charge is 2.33. The first-order chi connectivity index (χ1) is 7.77. The minimum Gasteiger partial charge on any atom is -0.481 e. The van der Waals surface area contributed by atoms with E-state index in [1.165, 1.54) is 0 Å². The number of hydrogen-bond acceptors (Lipinski definition) is 2. The summed E-state index contributed by atoms with van der Waals surface area (Å²) in [6.45, 7) is 0.509. The van der Waals surface area contributed by atoms with Crippen molar-refractivity contribution in [1.82, 2.24) is 0 Å². The van der Waals surface area contributed by atoms with E-state index in [0.29, 0.717) is 6.61 Å². The molecule has 0 radical (unpaired) electrons. The monoisotopic (exact) mass is 220 g/mol. The predicted octanol–water partition coefficient (Wildman–Crippen LogP) is 2.46. The van der Waals surface area contributed by atoms with Gasteiger partial charge in [0.05, 0.1) is 18.6 Å². The summed E-state index contributed by atoms with van der Waals surface area (Å²) in [7, 11) is 0. The van der Waals surface area contributed by atoms with E-state index in [-0.39, 0.29) is 12.0 Å². The summed E-state index contributed by atoms with van der Waals surface area (Å²) >= 11 is 0. The lowest BCUT2D eigenvalue weighted by atomic mass is 10.1.